The summed E-state index contributed by atoms with van der Waals surface area (Å²) in [6.45, 7) is 2.06. The number of nitrogens with zero attached hydrogens (tertiary/aromatic N) is 4. The van der Waals surface area contributed by atoms with Crippen LogP contribution in [-0.4, -0.2) is 61.3 Å². The summed E-state index contributed by atoms with van der Waals surface area (Å²) in [7, 11) is -3.77. The number of piperidine rings is 2. The van der Waals surface area contributed by atoms with Gasteiger partial charge in [-0.3, -0.25) is 4.79 Å². The molecule has 1 amide bonds. The Labute approximate surface area is 200 Å². The standard InChI is InChI=1S/C22H26F4N4O4S/c1-22(25,26)20-27-21(28-34-20)29-8-5-14(6-9-29)30-7-3-4-13(19(30)31)10-16-17(23)11-15(12-18(16)24)35(2,32)33/h11-14H,3-10H2,1-2H3/t13-/m1/s1. The fourth-order valence-corrected chi connectivity index (χ4v) is 5.30. The second-order valence-corrected chi connectivity index (χ2v) is 11.2. The normalized spacial score (nSPS) is 20.5. The molecule has 0 spiro atoms. The number of hydrogen-bond acceptors (Lipinski definition) is 7. The van der Waals surface area contributed by atoms with Gasteiger partial charge in [-0.25, -0.2) is 17.2 Å². The van der Waals surface area contributed by atoms with Gasteiger partial charge >= 0.3 is 5.92 Å². The number of benzene rings is 1. The van der Waals surface area contributed by atoms with Gasteiger partial charge in [0.25, 0.3) is 11.8 Å². The molecule has 0 N–H and O–H groups in total. The van der Waals surface area contributed by atoms with Crippen LogP contribution in [0.2, 0.25) is 0 Å². The monoisotopic (exact) mass is 518 g/mol. The number of carbonyl (C=O) groups excluding carboxylic acids is 1. The highest BCUT2D eigenvalue weighted by atomic mass is 32.2. The summed E-state index contributed by atoms with van der Waals surface area (Å²) in [6.07, 6.45) is 2.95. The van der Waals surface area contributed by atoms with Gasteiger partial charge in [0, 0.05) is 50.3 Å². The van der Waals surface area contributed by atoms with Crippen molar-refractivity contribution in [2.24, 2.45) is 5.92 Å². The molecule has 3 heterocycles. The lowest BCUT2D eigenvalue weighted by molar-refractivity contribution is -0.141. The summed E-state index contributed by atoms with van der Waals surface area (Å²) < 4.78 is 83.7. The summed E-state index contributed by atoms with van der Waals surface area (Å²) in [5.41, 5.74) is -0.298. The number of halogens is 4. The van der Waals surface area contributed by atoms with E-state index in [1.54, 1.807) is 9.80 Å². The molecule has 2 fully saturated rings. The first kappa shape index (κ1) is 25.4. The van der Waals surface area contributed by atoms with E-state index in [9.17, 15) is 30.8 Å². The van der Waals surface area contributed by atoms with Crippen molar-refractivity contribution in [3.8, 4) is 0 Å². The summed E-state index contributed by atoms with van der Waals surface area (Å²) in [6, 6.07) is 1.46. The van der Waals surface area contributed by atoms with Gasteiger partial charge in [0.15, 0.2) is 9.84 Å². The molecule has 1 atom stereocenters. The number of aromatic nitrogens is 2. The lowest BCUT2D eigenvalue weighted by Crippen LogP contribution is -2.52. The molecule has 2 aliphatic heterocycles. The molecule has 1 aromatic heterocycles. The zero-order chi connectivity index (χ0) is 25.5. The SMILES string of the molecule is CC(F)(F)c1nc(N2CCC(N3CCC[C@H](Cc4c(F)cc(S(C)(=O)=O)cc4F)C3=O)CC2)no1. The first-order valence-corrected chi connectivity index (χ1v) is 13.2. The van der Waals surface area contributed by atoms with Gasteiger partial charge in [-0.15, -0.1) is 0 Å². The number of likely N-dealkylation sites (tertiary alicyclic amines) is 1. The van der Waals surface area contributed by atoms with Crippen molar-refractivity contribution in [3.63, 3.8) is 0 Å². The van der Waals surface area contributed by atoms with Crippen molar-refractivity contribution in [1.82, 2.24) is 15.0 Å². The summed E-state index contributed by atoms with van der Waals surface area (Å²) in [5.74, 6) is -6.71. The maximum atomic E-state index is 14.6. The number of carbonyl (C=O) groups is 1. The molecular formula is C22H26F4N4O4S. The smallest absolute Gasteiger partial charge is 0.322 e. The van der Waals surface area contributed by atoms with Crippen LogP contribution in [0.1, 0.15) is 44.1 Å². The fourth-order valence-electron chi connectivity index (χ4n) is 4.66. The second kappa shape index (κ2) is 9.40. The molecule has 35 heavy (non-hydrogen) atoms. The van der Waals surface area contributed by atoms with E-state index in [2.05, 4.69) is 14.7 Å². The van der Waals surface area contributed by atoms with E-state index in [0.29, 0.717) is 52.2 Å². The van der Waals surface area contributed by atoms with Crippen LogP contribution in [0.4, 0.5) is 23.5 Å². The van der Waals surface area contributed by atoms with Crippen molar-refractivity contribution < 1.29 is 35.3 Å². The first-order chi connectivity index (χ1) is 16.3. The van der Waals surface area contributed by atoms with Crippen LogP contribution in [0.5, 0.6) is 0 Å². The molecular weight excluding hydrogens is 492 g/mol. The topological polar surface area (TPSA) is 96.6 Å². The second-order valence-electron chi connectivity index (χ2n) is 9.22. The highest BCUT2D eigenvalue weighted by Crippen LogP contribution is 2.31. The average Bonchev–Trinajstić information content (AvgIpc) is 3.28. The van der Waals surface area contributed by atoms with Gasteiger partial charge < -0.3 is 14.3 Å². The van der Waals surface area contributed by atoms with E-state index < -0.39 is 44.1 Å². The quantitative estimate of drug-likeness (QED) is 0.542. The lowest BCUT2D eigenvalue weighted by Gasteiger charge is -2.42. The van der Waals surface area contributed by atoms with Crippen LogP contribution in [0.15, 0.2) is 21.6 Å². The number of amides is 1. The molecule has 2 aliphatic rings. The minimum atomic E-state index is -3.77. The largest absolute Gasteiger partial charge is 0.339 e. The van der Waals surface area contributed by atoms with Crippen LogP contribution in [0, 0.1) is 17.6 Å². The number of alkyl halides is 2. The molecule has 2 aromatic rings. The van der Waals surface area contributed by atoms with Gasteiger partial charge in [-0.05, 0) is 49.4 Å². The van der Waals surface area contributed by atoms with Crippen LogP contribution in [-0.2, 0) is 27.0 Å². The minimum Gasteiger partial charge on any atom is -0.339 e. The lowest BCUT2D eigenvalue weighted by atomic mass is 9.88. The molecule has 2 saturated heterocycles. The highest BCUT2D eigenvalue weighted by Gasteiger charge is 2.37. The van der Waals surface area contributed by atoms with Crippen LogP contribution in [0.3, 0.4) is 0 Å². The van der Waals surface area contributed by atoms with Crippen LogP contribution < -0.4 is 4.90 Å². The molecule has 1 aromatic carbocycles. The van der Waals surface area contributed by atoms with E-state index in [1.165, 1.54) is 0 Å². The molecule has 0 saturated carbocycles. The predicted molar refractivity (Wildman–Crippen MR) is 117 cm³/mol. The number of rotatable bonds is 6. The van der Waals surface area contributed by atoms with Gasteiger partial charge in [0.1, 0.15) is 11.6 Å². The maximum Gasteiger partial charge on any atom is 0.322 e. The molecule has 192 valence electrons. The van der Waals surface area contributed by atoms with Crippen molar-refractivity contribution >= 4 is 21.7 Å². The maximum absolute atomic E-state index is 14.6. The van der Waals surface area contributed by atoms with Crippen molar-refractivity contribution in [1.29, 1.82) is 0 Å². The van der Waals surface area contributed by atoms with E-state index in [0.717, 1.165) is 18.4 Å². The van der Waals surface area contributed by atoms with Crippen molar-refractivity contribution in [2.75, 3.05) is 30.8 Å². The van der Waals surface area contributed by atoms with Crippen molar-refractivity contribution in [2.45, 2.75) is 55.9 Å². The zero-order valence-corrected chi connectivity index (χ0v) is 20.1. The van der Waals surface area contributed by atoms with E-state index >= 15 is 0 Å². The Morgan fingerprint density at radius 3 is 2.29 bits per heavy atom. The van der Waals surface area contributed by atoms with Crippen LogP contribution >= 0.6 is 0 Å². The number of hydrogen-bond donors (Lipinski definition) is 0. The van der Waals surface area contributed by atoms with Gasteiger partial charge in [0.05, 0.1) is 4.90 Å². The minimum absolute atomic E-state index is 0.0753. The summed E-state index contributed by atoms with van der Waals surface area (Å²) in [5, 5.41) is 3.63. The van der Waals surface area contributed by atoms with Crippen LogP contribution in [0.25, 0.3) is 0 Å². The molecule has 8 nitrogen and oxygen atoms in total. The van der Waals surface area contributed by atoms with E-state index in [4.69, 9.17) is 0 Å². The van der Waals surface area contributed by atoms with Gasteiger partial charge in [-0.1, -0.05) is 0 Å². The van der Waals surface area contributed by atoms with Crippen molar-refractivity contribution in [3.05, 3.63) is 35.2 Å². The Bertz CT molecular complexity index is 1180. The molecule has 0 aliphatic carbocycles. The summed E-state index contributed by atoms with van der Waals surface area (Å²) >= 11 is 0. The average molecular weight is 519 g/mol. The Morgan fingerprint density at radius 2 is 1.74 bits per heavy atom. The molecule has 4 rings (SSSR count). The number of anilines is 1. The predicted octanol–water partition coefficient (Wildman–Crippen LogP) is 3.31. The Kier molecular flexibility index (Phi) is 6.82. The molecule has 13 heteroatoms. The van der Waals surface area contributed by atoms with Gasteiger partial charge in [0.2, 0.25) is 5.91 Å². The molecule has 0 radical (unpaired) electrons. The molecule has 0 unspecified atom stereocenters. The third-order valence-corrected chi connectivity index (χ3v) is 7.65. The summed E-state index contributed by atoms with van der Waals surface area (Å²) in [4.78, 5) is 20.0. The third kappa shape index (κ3) is 5.44. The first-order valence-electron chi connectivity index (χ1n) is 11.3. The third-order valence-electron chi connectivity index (χ3n) is 6.56. The Hall–Kier alpha value is -2.70. The number of sulfone groups is 1. The fraction of sp³-hybridized carbons (Fsp3) is 0.591. The zero-order valence-electron chi connectivity index (χ0n) is 19.3. The Balaban J connectivity index is 1.41. The molecule has 0 bridgehead atoms. The van der Waals surface area contributed by atoms with E-state index in [1.807, 2.05) is 0 Å². The Morgan fingerprint density at radius 1 is 1.11 bits per heavy atom. The van der Waals surface area contributed by atoms with E-state index in [-0.39, 0.29) is 29.9 Å². The van der Waals surface area contributed by atoms with Gasteiger partial charge in [-0.2, -0.15) is 13.8 Å². The highest BCUT2D eigenvalue weighted by molar-refractivity contribution is 7.90.